The van der Waals surface area contributed by atoms with Gasteiger partial charge in [0.2, 0.25) is 0 Å². The molecule has 1 atom stereocenters. The molecule has 32 heavy (non-hydrogen) atoms. The minimum atomic E-state index is -3.76. The van der Waals surface area contributed by atoms with Gasteiger partial charge in [-0.05, 0) is 68.0 Å². The van der Waals surface area contributed by atoms with Crippen molar-refractivity contribution >= 4 is 39.0 Å². The van der Waals surface area contributed by atoms with Crippen LogP contribution in [0.3, 0.4) is 0 Å². The number of methoxy groups -OCH3 is 2. The smallest absolute Gasteiger partial charge is 0.337 e. The van der Waals surface area contributed by atoms with E-state index in [1.807, 2.05) is 18.7 Å². The summed E-state index contributed by atoms with van der Waals surface area (Å²) in [7, 11) is -0.918. The van der Waals surface area contributed by atoms with Crippen molar-refractivity contribution < 1.29 is 22.7 Å². The number of sulfonamides is 1. The van der Waals surface area contributed by atoms with Gasteiger partial charge in [-0.1, -0.05) is 12.1 Å². The van der Waals surface area contributed by atoms with Gasteiger partial charge in [0.25, 0.3) is 10.0 Å². The fourth-order valence-electron chi connectivity index (χ4n) is 3.50. The fourth-order valence-corrected chi connectivity index (χ4v) is 4.94. The molecule has 0 aromatic heterocycles. The molecule has 0 amide bonds. The molecule has 0 bridgehead atoms. The Hall–Kier alpha value is -3.11. The van der Waals surface area contributed by atoms with E-state index in [1.165, 1.54) is 26.4 Å². The molecule has 0 saturated carbocycles. The third-order valence-electron chi connectivity index (χ3n) is 5.18. The van der Waals surface area contributed by atoms with Crippen LogP contribution in [0.5, 0.6) is 5.75 Å². The van der Waals surface area contributed by atoms with Gasteiger partial charge in [0, 0.05) is 17.9 Å². The third-order valence-corrected chi connectivity index (χ3v) is 6.92. The van der Waals surface area contributed by atoms with Crippen LogP contribution in [0, 0.1) is 0 Å². The Labute approximate surface area is 193 Å². The zero-order valence-electron chi connectivity index (χ0n) is 18.2. The van der Waals surface area contributed by atoms with Crippen LogP contribution < -0.4 is 14.8 Å². The molecule has 0 unspecified atom stereocenters. The second-order valence-electron chi connectivity index (χ2n) is 7.02. The van der Waals surface area contributed by atoms with Crippen molar-refractivity contribution in [1.82, 2.24) is 10.2 Å². The lowest BCUT2D eigenvalue weighted by atomic mass is 9.95. The lowest BCUT2D eigenvalue weighted by Crippen LogP contribution is -2.47. The van der Waals surface area contributed by atoms with E-state index < -0.39 is 22.0 Å². The molecule has 2 N–H and O–H groups in total. The number of esters is 1. The molecule has 1 aliphatic rings. The fraction of sp³-hybridized carbons (Fsp3) is 0.273. The number of rotatable bonds is 7. The number of nitrogens with zero attached hydrogens (tertiary/aromatic N) is 1. The molecule has 10 heteroatoms. The summed E-state index contributed by atoms with van der Waals surface area (Å²) in [6, 6.07) is 12.3. The number of ether oxygens (including phenoxy) is 2. The van der Waals surface area contributed by atoms with Gasteiger partial charge in [-0.15, -0.1) is 0 Å². The predicted octanol–water partition coefficient (Wildman–Crippen LogP) is 3.19. The van der Waals surface area contributed by atoms with Gasteiger partial charge in [0.15, 0.2) is 5.11 Å². The van der Waals surface area contributed by atoms with Gasteiger partial charge in [-0.25, -0.2) is 13.2 Å². The number of hydrogen-bond acceptors (Lipinski definition) is 6. The number of thiocarbonyl (C=S) groups is 1. The van der Waals surface area contributed by atoms with E-state index >= 15 is 0 Å². The average molecular weight is 476 g/mol. The molecule has 8 nitrogen and oxygen atoms in total. The lowest BCUT2D eigenvalue weighted by molar-refractivity contribution is -0.136. The average Bonchev–Trinajstić information content (AvgIpc) is 2.79. The van der Waals surface area contributed by atoms with E-state index in [9.17, 15) is 13.2 Å². The van der Waals surface area contributed by atoms with Crippen LogP contribution in [-0.2, 0) is 19.6 Å². The Morgan fingerprint density at radius 3 is 2.28 bits per heavy atom. The Morgan fingerprint density at radius 1 is 1.12 bits per heavy atom. The van der Waals surface area contributed by atoms with Crippen molar-refractivity contribution in [1.29, 1.82) is 0 Å². The first-order chi connectivity index (χ1) is 15.2. The highest BCUT2D eigenvalue weighted by Crippen LogP contribution is 2.32. The maximum absolute atomic E-state index is 12.7. The lowest BCUT2D eigenvalue weighted by Gasteiger charge is -2.36. The highest BCUT2D eigenvalue weighted by molar-refractivity contribution is 7.92. The number of allylic oxidation sites excluding steroid dienone is 1. The molecule has 1 aliphatic heterocycles. The minimum Gasteiger partial charge on any atom is -0.497 e. The van der Waals surface area contributed by atoms with E-state index in [0.29, 0.717) is 28.7 Å². The summed E-state index contributed by atoms with van der Waals surface area (Å²) in [5, 5.41) is 3.69. The van der Waals surface area contributed by atoms with Gasteiger partial charge in [-0.3, -0.25) is 4.72 Å². The van der Waals surface area contributed by atoms with Crippen LogP contribution in [0.4, 0.5) is 5.69 Å². The van der Waals surface area contributed by atoms with E-state index in [1.54, 1.807) is 36.4 Å². The summed E-state index contributed by atoms with van der Waals surface area (Å²) < 4.78 is 37.9. The number of nitrogens with one attached hydrogen (secondary N) is 2. The monoisotopic (exact) mass is 475 g/mol. The minimum absolute atomic E-state index is 0.118. The van der Waals surface area contributed by atoms with Crippen LogP contribution in [0.15, 0.2) is 64.7 Å². The maximum Gasteiger partial charge on any atom is 0.337 e. The summed E-state index contributed by atoms with van der Waals surface area (Å²) >= 11 is 5.45. The topological polar surface area (TPSA) is 97.0 Å². The van der Waals surface area contributed by atoms with Gasteiger partial charge in [0.1, 0.15) is 5.75 Å². The van der Waals surface area contributed by atoms with Gasteiger partial charge in [-0.2, -0.15) is 0 Å². The quantitative estimate of drug-likeness (QED) is 0.466. The van der Waals surface area contributed by atoms with Crippen LogP contribution in [0.1, 0.15) is 25.5 Å². The number of carbonyl (C=O) groups is 1. The van der Waals surface area contributed by atoms with Crippen molar-refractivity contribution in [3.63, 3.8) is 0 Å². The van der Waals surface area contributed by atoms with Crippen LogP contribution >= 0.6 is 12.2 Å². The third kappa shape index (κ3) is 4.71. The summed E-state index contributed by atoms with van der Waals surface area (Å²) in [4.78, 5) is 14.4. The van der Waals surface area contributed by atoms with E-state index in [2.05, 4.69) is 10.0 Å². The molecule has 0 spiro atoms. The van der Waals surface area contributed by atoms with Gasteiger partial charge in [0.05, 0.1) is 30.7 Å². The van der Waals surface area contributed by atoms with Gasteiger partial charge >= 0.3 is 5.97 Å². The Kier molecular flexibility index (Phi) is 7.05. The highest BCUT2D eigenvalue weighted by atomic mass is 32.2. The Bertz CT molecular complexity index is 1140. The molecule has 2 aromatic carbocycles. The zero-order chi connectivity index (χ0) is 23.5. The first kappa shape index (κ1) is 23.6. The van der Waals surface area contributed by atoms with Crippen molar-refractivity contribution in [3.05, 3.63) is 65.4 Å². The number of benzene rings is 2. The van der Waals surface area contributed by atoms with E-state index in [-0.39, 0.29) is 4.90 Å². The second-order valence-corrected chi connectivity index (χ2v) is 9.09. The first-order valence-corrected chi connectivity index (χ1v) is 11.7. The van der Waals surface area contributed by atoms with Crippen molar-refractivity contribution in [3.8, 4) is 5.75 Å². The van der Waals surface area contributed by atoms with Crippen LogP contribution in [0.2, 0.25) is 0 Å². The number of hydrogen-bond donors (Lipinski definition) is 2. The number of carbonyl (C=O) groups excluding carboxylic acids is 1. The molecule has 0 aliphatic carbocycles. The Balaban J connectivity index is 1.87. The first-order valence-electron chi connectivity index (χ1n) is 9.85. The molecule has 2 aromatic rings. The summed E-state index contributed by atoms with van der Waals surface area (Å²) in [6.07, 6.45) is 0. The molecule has 0 radical (unpaired) electrons. The van der Waals surface area contributed by atoms with Crippen molar-refractivity contribution in [2.45, 2.75) is 24.8 Å². The zero-order valence-corrected chi connectivity index (χ0v) is 19.8. The molecule has 170 valence electrons. The van der Waals surface area contributed by atoms with E-state index in [4.69, 9.17) is 21.7 Å². The van der Waals surface area contributed by atoms with Crippen LogP contribution in [0.25, 0.3) is 0 Å². The summed E-state index contributed by atoms with van der Waals surface area (Å²) in [5.41, 5.74) is 2.31. The molecule has 0 fully saturated rings. The molecule has 3 rings (SSSR count). The van der Waals surface area contributed by atoms with Crippen molar-refractivity contribution in [2.75, 3.05) is 25.5 Å². The predicted molar refractivity (Wildman–Crippen MR) is 126 cm³/mol. The maximum atomic E-state index is 12.7. The van der Waals surface area contributed by atoms with E-state index in [0.717, 1.165) is 11.3 Å². The standard InChI is InChI=1S/C22H25N3O5S2/c1-5-25-14(2)19(21(26)30-4)20(23-22(25)31)15-6-8-16(9-7-15)24-32(27,28)18-12-10-17(29-3)11-13-18/h6-13,20,24H,5H2,1-4H3,(H,23,31)/t20-/m0/s1. The number of anilines is 1. The molecule has 0 saturated heterocycles. The Morgan fingerprint density at radius 2 is 1.75 bits per heavy atom. The normalized spacial score (nSPS) is 16.4. The largest absolute Gasteiger partial charge is 0.497 e. The molecule has 1 heterocycles. The van der Waals surface area contributed by atoms with Crippen LogP contribution in [-0.4, -0.2) is 45.2 Å². The van der Waals surface area contributed by atoms with Gasteiger partial charge < -0.3 is 19.7 Å². The summed E-state index contributed by atoms with van der Waals surface area (Å²) in [6.45, 7) is 4.38. The molecular weight excluding hydrogens is 450 g/mol. The SMILES string of the molecule is CCN1C(=S)N[C@@H](c2ccc(NS(=O)(=O)c3ccc(OC)cc3)cc2)C(C(=O)OC)=C1C. The molecular formula is C22H25N3O5S2. The second kappa shape index (κ2) is 9.58. The van der Waals surface area contributed by atoms with Crippen molar-refractivity contribution in [2.24, 2.45) is 0 Å². The summed E-state index contributed by atoms with van der Waals surface area (Å²) in [5.74, 6) is 0.114. The highest BCUT2D eigenvalue weighted by Gasteiger charge is 2.33.